The molecule has 0 radical (unpaired) electrons. The van der Waals surface area contributed by atoms with Gasteiger partial charge in [-0.15, -0.1) is 0 Å². The molecule has 0 spiro atoms. The third-order valence-corrected chi connectivity index (χ3v) is 3.53. The minimum absolute atomic E-state index is 0.233. The Hall–Kier alpha value is -2.33. The first-order valence-electron chi connectivity index (χ1n) is 7.25. The van der Waals surface area contributed by atoms with Gasteiger partial charge in [-0.05, 0) is 28.8 Å². The van der Waals surface area contributed by atoms with Crippen molar-refractivity contribution in [2.45, 2.75) is 12.5 Å². The maximum Gasteiger partial charge on any atom is 0.309 e. The van der Waals surface area contributed by atoms with E-state index < -0.39 is 0 Å². The number of hydrogen-bond donors (Lipinski definition) is 0. The maximum absolute atomic E-state index is 11.4. The molecule has 4 nitrogen and oxygen atoms in total. The fraction of sp³-hybridized carbons (Fsp3) is 0.278. The Kier molecular flexibility index (Phi) is 4.39. The highest BCUT2D eigenvalue weighted by Crippen LogP contribution is 2.24. The second-order valence-corrected chi connectivity index (χ2v) is 5.24. The van der Waals surface area contributed by atoms with Crippen LogP contribution in [0.25, 0.3) is 11.1 Å². The van der Waals surface area contributed by atoms with Crippen LogP contribution in [0.4, 0.5) is 0 Å². The van der Waals surface area contributed by atoms with Crippen molar-refractivity contribution >= 4 is 5.97 Å². The van der Waals surface area contributed by atoms with Gasteiger partial charge in [-0.25, -0.2) is 0 Å². The van der Waals surface area contributed by atoms with E-state index in [1.54, 1.807) is 0 Å². The lowest BCUT2D eigenvalue weighted by atomic mass is 10.0. The van der Waals surface area contributed by atoms with E-state index >= 15 is 0 Å². The predicted octanol–water partition coefficient (Wildman–Crippen LogP) is 2.85. The number of rotatable bonds is 6. The fourth-order valence-electron chi connectivity index (χ4n) is 2.20. The van der Waals surface area contributed by atoms with Crippen molar-refractivity contribution in [2.24, 2.45) is 0 Å². The maximum atomic E-state index is 11.4. The first kappa shape index (κ1) is 14.6. The highest BCUT2D eigenvalue weighted by Gasteiger charge is 2.22. The van der Waals surface area contributed by atoms with Crippen molar-refractivity contribution in [1.82, 2.24) is 0 Å². The van der Waals surface area contributed by atoms with Crippen LogP contribution in [0, 0.1) is 0 Å². The zero-order valence-corrected chi connectivity index (χ0v) is 12.5. The molecule has 1 unspecified atom stereocenters. The molecular formula is C18H18O4. The van der Waals surface area contributed by atoms with Gasteiger partial charge in [-0.3, -0.25) is 4.79 Å². The molecule has 1 heterocycles. The van der Waals surface area contributed by atoms with Crippen molar-refractivity contribution in [3.8, 4) is 16.9 Å². The molecule has 0 bridgehead atoms. The van der Waals surface area contributed by atoms with Gasteiger partial charge in [0.05, 0.1) is 20.1 Å². The smallest absolute Gasteiger partial charge is 0.309 e. The Morgan fingerprint density at radius 3 is 2.64 bits per heavy atom. The van der Waals surface area contributed by atoms with Gasteiger partial charge in [0.1, 0.15) is 18.5 Å². The summed E-state index contributed by atoms with van der Waals surface area (Å²) < 4.78 is 15.4. The third kappa shape index (κ3) is 3.86. The number of benzene rings is 2. The lowest BCUT2D eigenvalue weighted by Crippen LogP contribution is -2.04. The van der Waals surface area contributed by atoms with E-state index in [1.807, 2.05) is 48.5 Å². The first-order chi connectivity index (χ1) is 10.7. The summed E-state index contributed by atoms with van der Waals surface area (Å²) in [6.45, 7) is 1.40. The van der Waals surface area contributed by atoms with Gasteiger partial charge < -0.3 is 14.2 Å². The molecule has 1 atom stereocenters. The lowest BCUT2D eigenvalue weighted by Gasteiger charge is -2.07. The largest absolute Gasteiger partial charge is 0.491 e. The number of epoxide rings is 1. The average molecular weight is 298 g/mol. The molecule has 0 aliphatic carbocycles. The summed E-state index contributed by atoms with van der Waals surface area (Å²) in [5.41, 5.74) is 3.09. The third-order valence-electron chi connectivity index (χ3n) is 3.53. The molecule has 1 fully saturated rings. The van der Waals surface area contributed by atoms with Gasteiger partial charge in [-0.2, -0.15) is 0 Å². The zero-order valence-electron chi connectivity index (χ0n) is 12.5. The van der Waals surface area contributed by atoms with Crippen molar-refractivity contribution < 1.29 is 19.0 Å². The molecule has 1 saturated heterocycles. The van der Waals surface area contributed by atoms with Crippen molar-refractivity contribution in [1.29, 1.82) is 0 Å². The summed E-state index contributed by atoms with van der Waals surface area (Å²) in [7, 11) is 1.40. The summed E-state index contributed by atoms with van der Waals surface area (Å²) in [5, 5.41) is 0. The number of hydrogen-bond acceptors (Lipinski definition) is 4. The highest BCUT2D eigenvalue weighted by molar-refractivity contribution is 5.74. The number of esters is 1. The predicted molar refractivity (Wildman–Crippen MR) is 82.8 cm³/mol. The van der Waals surface area contributed by atoms with Crippen LogP contribution in [0.5, 0.6) is 5.75 Å². The summed E-state index contributed by atoms with van der Waals surface area (Å²) in [6, 6.07) is 15.8. The first-order valence-corrected chi connectivity index (χ1v) is 7.25. The molecule has 22 heavy (non-hydrogen) atoms. The van der Waals surface area contributed by atoms with Crippen LogP contribution >= 0.6 is 0 Å². The van der Waals surface area contributed by atoms with Crippen molar-refractivity contribution in [3.63, 3.8) is 0 Å². The van der Waals surface area contributed by atoms with Gasteiger partial charge in [0.2, 0.25) is 0 Å². The van der Waals surface area contributed by atoms with E-state index in [1.165, 1.54) is 7.11 Å². The Labute approximate surface area is 129 Å². The van der Waals surface area contributed by atoms with E-state index in [0.717, 1.165) is 29.0 Å². The molecule has 0 aromatic heterocycles. The van der Waals surface area contributed by atoms with Crippen LogP contribution in [0.15, 0.2) is 48.5 Å². The van der Waals surface area contributed by atoms with Crippen LogP contribution in [-0.2, 0) is 20.7 Å². The molecule has 1 aliphatic heterocycles. The summed E-state index contributed by atoms with van der Waals surface area (Å²) >= 11 is 0. The normalized spacial score (nSPS) is 16.1. The molecule has 1 aliphatic rings. The van der Waals surface area contributed by atoms with Gasteiger partial charge in [-0.1, -0.05) is 36.4 Å². The molecular weight excluding hydrogens is 280 g/mol. The number of ether oxygens (including phenoxy) is 3. The number of carbonyl (C=O) groups is 1. The van der Waals surface area contributed by atoms with E-state index in [0.29, 0.717) is 6.61 Å². The topological polar surface area (TPSA) is 48.1 Å². The summed E-state index contributed by atoms with van der Waals surface area (Å²) in [6.07, 6.45) is 0.544. The highest BCUT2D eigenvalue weighted by atomic mass is 16.6. The van der Waals surface area contributed by atoms with Crippen molar-refractivity contribution in [2.75, 3.05) is 20.3 Å². The minimum atomic E-state index is -0.233. The van der Waals surface area contributed by atoms with Crippen LogP contribution in [0.3, 0.4) is 0 Å². The molecule has 0 amide bonds. The van der Waals surface area contributed by atoms with Crippen LogP contribution < -0.4 is 4.74 Å². The molecule has 0 N–H and O–H groups in total. The van der Waals surface area contributed by atoms with Gasteiger partial charge in [0, 0.05) is 0 Å². The summed E-state index contributed by atoms with van der Waals surface area (Å²) in [4.78, 5) is 11.4. The molecule has 4 heteroatoms. The molecule has 3 rings (SSSR count). The standard InChI is InChI=1S/C18H18O4/c1-20-18(19)10-13-3-2-4-15(9-13)14-5-7-16(8-6-14)21-11-17-12-22-17/h2-9,17H,10-12H2,1H3. The molecule has 2 aromatic carbocycles. The number of carbonyl (C=O) groups excluding carboxylic acids is 1. The molecule has 2 aromatic rings. The monoisotopic (exact) mass is 298 g/mol. The van der Waals surface area contributed by atoms with Gasteiger partial charge in [0.25, 0.3) is 0 Å². The van der Waals surface area contributed by atoms with E-state index in [-0.39, 0.29) is 18.5 Å². The molecule has 114 valence electrons. The second kappa shape index (κ2) is 6.62. The Bertz CT molecular complexity index is 644. The van der Waals surface area contributed by atoms with Gasteiger partial charge in [0.15, 0.2) is 0 Å². The average Bonchev–Trinajstić information content (AvgIpc) is 3.38. The Balaban J connectivity index is 1.69. The fourth-order valence-corrected chi connectivity index (χ4v) is 2.20. The number of methoxy groups -OCH3 is 1. The Morgan fingerprint density at radius 1 is 1.18 bits per heavy atom. The van der Waals surface area contributed by atoms with Crippen LogP contribution in [-0.4, -0.2) is 32.4 Å². The molecule has 0 saturated carbocycles. The minimum Gasteiger partial charge on any atom is -0.491 e. The van der Waals surface area contributed by atoms with Gasteiger partial charge >= 0.3 is 5.97 Å². The van der Waals surface area contributed by atoms with E-state index in [9.17, 15) is 4.79 Å². The van der Waals surface area contributed by atoms with Crippen LogP contribution in [0.1, 0.15) is 5.56 Å². The van der Waals surface area contributed by atoms with Crippen molar-refractivity contribution in [3.05, 3.63) is 54.1 Å². The van der Waals surface area contributed by atoms with E-state index in [4.69, 9.17) is 14.2 Å². The second-order valence-electron chi connectivity index (χ2n) is 5.24. The zero-order chi connectivity index (χ0) is 15.4. The quantitative estimate of drug-likeness (QED) is 0.608. The summed E-state index contributed by atoms with van der Waals surface area (Å²) in [5.74, 6) is 0.605. The SMILES string of the molecule is COC(=O)Cc1cccc(-c2ccc(OCC3CO3)cc2)c1. The lowest BCUT2D eigenvalue weighted by molar-refractivity contribution is -0.139. The Morgan fingerprint density at radius 2 is 1.95 bits per heavy atom. The van der Waals surface area contributed by atoms with E-state index in [2.05, 4.69) is 0 Å². The van der Waals surface area contributed by atoms with Crippen LogP contribution in [0.2, 0.25) is 0 Å².